The van der Waals surface area contributed by atoms with Crippen molar-refractivity contribution < 1.29 is 9.84 Å². The Balaban J connectivity index is 1.56. The molecule has 0 bridgehead atoms. The molecule has 2 aliphatic rings. The molecule has 0 unspecified atom stereocenters. The Labute approximate surface area is 125 Å². The zero-order valence-corrected chi connectivity index (χ0v) is 12.4. The number of piperidine rings is 1. The highest BCUT2D eigenvalue weighted by atomic mass is 16.5. The molecule has 1 atom stereocenters. The number of aliphatic hydroxyl groups excluding tert-OH is 1. The van der Waals surface area contributed by atoms with Gasteiger partial charge in [-0.15, -0.1) is 0 Å². The fourth-order valence-corrected chi connectivity index (χ4v) is 3.06. The number of nitrogens with zero attached hydrogens (tertiary/aromatic N) is 4. The number of likely N-dealkylation sites (tertiary alicyclic amines) is 1. The second-order valence-electron chi connectivity index (χ2n) is 5.92. The van der Waals surface area contributed by atoms with Crippen molar-refractivity contribution >= 4 is 5.95 Å². The van der Waals surface area contributed by atoms with E-state index in [1.165, 1.54) is 0 Å². The second-order valence-corrected chi connectivity index (χ2v) is 5.92. The molecular weight excluding hydrogens is 268 g/mol. The Bertz CT molecular complexity index is 434. The quantitative estimate of drug-likeness (QED) is 0.873. The zero-order chi connectivity index (χ0) is 14.5. The molecule has 0 amide bonds. The van der Waals surface area contributed by atoms with Crippen molar-refractivity contribution in [1.82, 2.24) is 14.9 Å². The highest BCUT2D eigenvalue weighted by Gasteiger charge is 2.19. The van der Waals surface area contributed by atoms with Gasteiger partial charge in [-0.1, -0.05) is 0 Å². The number of anilines is 1. The van der Waals surface area contributed by atoms with Crippen LogP contribution in [-0.2, 0) is 11.3 Å². The number of aliphatic hydroxyl groups is 1. The Hall–Kier alpha value is -1.24. The lowest BCUT2D eigenvalue weighted by Gasteiger charge is -2.31. The summed E-state index contributed by atoms with van der Waals surface area (Å²) in [6, 6.07) is 0. The van der Waals surface area contributed by atoms with Crippen molar-refractivity contribution in [3.8, 4) is 0 Å². The third-order valence-corrected chi connectivity index (χ3v) is 4.25. The highest BCUT2D eigenvalue weighted by Crippen LogP contribution is 2.18. The molecule has 2 aliphatic heterocycles. The van der Waals surface area contributed by atoms with Crippen molar-refractivity contribution in [2.45, 2.75) is 19.4 Å². The van der Waals surface area contributed by atoms with Crippen LogP contribution in [0.1, 0.15) is 18.4 Å². The third-order valence-electron chi connectivity index (χ3n) is 4.25. The van der Waals surface area contributed by atoms with Crippen LogP contribution in [0.4, 0.5) is 5.95 Å². The van der Waals surface area contributed by atoms with E-state index in [9.17, 15) is 5.11 Å². The third kappa shape index (κ3) is 3.90. The molecule has 1 N–H and O–H groups in total. The number of rotatable bonds is 4. The van der Waals surface area contributed by atoms with Crippen LogP contribution in [0.15, 0.2) is 12.4 Å². The van der Waals surface area contributed by atoms with E-state index in [0.717, 1.165) is 70.3 Å². The van der Waals surface area contributed by atoms with Gasteiger partial charge < -0.3 is 14.7 Å². The van der Waals surface area contributed by atoms with Crippen LogP contribution in [0.3, 0.4) is 0 Å². The van der Waals surface area contributed by atoms with Crippen LogP contribution >= 0.6 is 0 Å². The molecule has 3 rings (SSSR count). The number of morpholine rings is 1. The first kappa shape index (κ1) is 14.7. The number of aromatic nitrogens is 2. The van der Waals surface area contributed by atoms with Gasteiger partial charge >= 0.3 is 0 Å². The van der Waals surface area contributed by atoms with Crippen LogP contribution in [0.2, 0.25) is 0 Å². The molecule has 1 aromatic rings. The summed E-state index contributed by atoms with van der Waals surface area (Å²) in [5, 5.41) is 9.29. The first-order chi connectivity index (χ1) is 10.3. The molecule has 6 nitrogen and oxygen atoms in total. The van der Waals surface area contributed by atoms with Crippen molar-refractivity contribution in [2.24, 2.45) is 5.92 Å². The van der Waals surface area contributed by atoms with E-state index >= 15 is 0 Å². The van der Waals surface area contributed by atoms with E-state index in [4.69, 9.17) is 4.74 Å². The van der Waals surface area contributed by atoms with Crippen molar-refractivity contribution in [2.75, 3.05) is 50.9 Å². The lowest BCUT2D eigenvalue weighted by Crippen LogP contribution is -2.37. The van der Waals surface area contributed by atoms with E-state index in [1.807, 2.05) is 12.4 Å². The normalized spacial score (nSPS) is 24.2. The average molecular weight is 292 g/mol. The first-order valence-electron chi connectivity index (χ1n) is 7.82. The van der Waals surface area contributed by atoms with Crippen LogP contribution in [0, 0.1) is 5.92 Å². The highest BCUT2D eigenvalue weighted by molar-refractivity contribution is 5.30. The maximum atomic E-state index is 9.29. The van der Waals surface area contributed by atoms with Gasteiger partial charge in [0.1, 0.15) is 0 Å². The van der Waals surface area contributed by atoms with Crippen molar-refractivity contribution in [3.05, 3.63) is 18.0 Å². The predicted molar refractivity (Wildman–Crippen MR) is 80.2 cm³/mol. The van der Waals surface area contributed by atoms with E-state index in [2.05, 4.69) is 19.8 Å². The molecule has 0 spiro atoms. The Morgan fingerprint density at radius 3 is 2.67 bits per heavy atom. The van der Waals surface area contributed by atoms with E-state index in [0.29, 0.717) is 12.5 Å². The second kappa shape index (κ2) is 7.15. The minimum Gasteiger partial charge on any atom is -0.396 e. The summed E-state index contributed by atoms with van der Waals surface area (Å²) in [7, 11) is 0. The van der Waals surface area contributed by atoms with Crippen LogP contribution in [0.5, 0.6) is 0 Å². The predicted octanol–water partition coefficient (Wildman–Crippen LogP) is 0.517. The van der Waals surface area contributed by atoms with Crippen LogP contribution < -0.4 is 4.90 Å². The van der Waals surface area contributed by atoms with E-state index < -0.39 is 0 Å². The van der Waals surface area contributed by atoms with Gasteiger partial charge in [-0.2, -0.15) is 0 Å². The lowest BCUT2D eigenvalue weighted by molar-refractivity contribution is 0.115. The molecule has 2 saturated heterocycles. The summed E-state index contributed by atoms with van der Waals surface area (Å²) in [6.07, 6.45) is 6.16. The molecule has 116 valence electrons. The van der Waals surface area contributed by atoms with Gasteiger partial charge in [0.2, 0.25) is 5.95 Å². The summed E-state index contributed by atoms with van der Waals surface area (Å²) >= 11 is 0. The molecule has 21 heavy (non-hydrogen) atoms. The first-order valence-corrected chi connectivity index (χ1v) is 7.82. The average Bonchev–Trinajstić information content (AvgIpc) is 2.56. The molecule has 1 aromatic heterocycles. The molecule has 6 heteroatoms. The Kier molecular flexibility index (Phi) is 5.00. The smallest absolute Gasteiger partial charge is 0.225 e. The zero-order valence-electron chi connectivity index (χ0n) is 12.4. The molecule has 0 saturated carbocycles. The van der Waals surface area contributed by atoms with Gasteiger partial charge in [-0.25, -0.2) is 9.97 Å². The molecule has 2 fully saturated rings. The number of ether oxygens (including phenoxy) is 1. The van der Waals surface area contributed by atoms with Gasteiger partial charge in [-0.3, -0.25) is 4.90 Å². The topological polar surface area (TPSA) is 61.7 Å². The summed E-state index contributed by atoms with van der Waals surface area (Å²) in [5.41, 5.74) is 1.14. The molecule has 0 aliphatic carbocycles. The maximum Gasteiger partial charge on any atom is 0.225 e. The van der Waals surface area contributed by atoms with Gasteiger partial charge in [0.25, 0.3) is 0 Å². The minimum absolute atomic E-state index is 0.295. The summed E-state index contributed by atoms with van der Waals surface area (Å²) in [6.45, 7) is 6.47. The van der Waals surface area contributed by atoms with Gasteiger partial charge in [-0.05, 0) is 25.3 Å². The Morgan fingerprint density at radius 2 is 1.95 bits per heavy atom. The summed E-state index contributed by atoms with van der Waals surface area (Å²) in [4.78, 5) is 13.5. The van der Waals surface area contributed by atoms with Crippen molar-refractivity contribution in [1.29, 1.82) is 0 Å². The Morgan fingerprint density at radius 1 is 1.19 bits per heavy atom. The number of hydrogen-bond acceptors (Lipinski definition) is 6. The van der Waals surface area contributed by atoms with E-state index in [-0.39, 0.29) is 0 Å². The fraction of sp³-hybridized carbons (Fsp3) is 0.733. The lowest BCUT2D eigenvalue weighted by atomic mass is 9.99. The molecule has 0 radical (unpaired) electrons. The molecule has 3 heterocycles. The van der Waals surface area contributed by atoms with Gasteiger partial charge in [0, 0.05) is 50.7 Å². The van der Waals surface area contributed by atoms with Crippen molar-refractivity contribution in [3.63, 3.8) is 0 Å². The maximum absolute atomic E-state index is 9.29. The van der Waals surface area contributed by atoms with Gasteiger partial charge in [0.05, 0.1) is 13.2 Å². The largest absolute Gasteiger partial charge is 0.396 e. The van der Waals surface area contributed by atoms with Crippen LogP contribution in [-0.4, -0.2) is 66.0 Å². The fourth-order valence-electron chi connectivity index (χ4n) is 3.06. The SMILES string of the molecule is OC[C@H]1CCCN(Cc2cnc(N3CCOCC3)nc2)C1. The van der Waals surface area contributed by atoms with Gasteiger partial charge in [0.15, 0.2) is 0 Å². The molecule has 0 aromatic carbocycles. The van der Waals surface area contributed by atoms with Crippen LogP contribution in [0.25, 0.3) is 0 Å². The standard InChI is InChI=1S/C15H24N4O2/c20-12-13-2-1-3-18(10-13)11-14-8-16-15(17-9-14)19-4-6-21-7-5-19/h8-9,13,20H,1-7,10-12H2/t13-/m0/s1. The number of hydrogen-bond donors (Lipinski definition) is 1. The monoisotopic (exact) mass is 292 g/mol. The molecular formula is C15H24N4O2. The minimum atomic E-state index is 0.295. The summed E-state index contributed by atoms with van der Waals surface area (Å²) in [5.74, 6) is 1.22. The van der Waals surface area contributed by atoms with E-state index in [1.54, 1.807) is 0 Å². The summed E-state index contributed by atoms with van der Waals surface area (Å²) < 4.78 is 5.34.